The zero-order chi connectivity index (χ0) is 9.84. The normalized spacial score (nSPS) is 9.62. The van der Waals surface area contributed by atoms with Crippen molar-refractivity contribution in [1.29, 1.82) is 0 Å². The predicted molar refractivity (Wildman–Crippen MR) is 38.5 cm³/mol. The van der Waals surface area contributed by atoms with E-state index in [0.717, 1.165) is 16.8 Å². The van der Waals surface area contributed by atoms with Gasteiger partial charge in [0.1, 0.15) is 6.54 Å². The molecule has 0 atom stereocenters. The molecular formula is C6H5FN2O4. The maximum atomic E-state index is 11.2. The van der Waals surface area contributed by atoms with Crippen molar-refractivity contribution in [3.8, 4) is 0 Å². The number of nitrogens with one attached hydrogen (secondary N) is 1. The minimum atomic E-state index is -1.21. The summed E-state index contributed by atoms with van der Waals surface area (Å²) in [4.78, 5) is 36.5. The van der Waals surface area contributed by atoms with E-state index >= 15 is 0 Å². The van der Waals surface area contributed by atoms with Crippen LogP contribution in [0.5, 0.6) is 0 Å². The van der Waals surface area contributed by atoms with Crippen molar-refractivity contribution in [3.05, 3.63) is 33.1 Å². The van der Waals surface area contributed by atoms with E-state index in [9.17, 15) is 18.9 Å². The van der Waals surface area contributed by atoms with E-state index in [-0.39, 0.29) is 0 Å². The summed E-state index contributed by atoms with van der Waals surface area (Å²) in [7, 11) is 0. The Balaban J connectivity index is 2.97. The molecule has 1 N–H and O–H groups in total. The lowest BCUT2D eigenvalue weighted by atomic mass is 10.6. The molecule has 0 amide bonds. The summed E-state index contributed by atoms with van der Waals surface area (Å²) in [5.74, 6) is -1.21. The molecule has 0 saturated carbocycles. The lowest BCUT2D eigenvalue weighted by Gasteiger charge is -1.98. The molecule has 1 aromatic rings. The quantitative estimate of drug-likeness (QED) is 0.643. The Morgan fingerprint density at radius 2 is 2.31 bits per heavy atom. The SMILES string of the molecule is O=C(Cn1ccc(=O)[nH]c1=O)OF. The zero-order valence-electron chi connectivity index (χ0n) is 6.32. The third kappa shape index (κ3) is 2.26. The highest BCUT2D eigenvalue weighted by molar-refractivity contribution is 5.68. The summed E-state index contributed by atoms with van der Waals surface area (Å²) in [6.45, 7) is -0.577. The second-order valence-corrected chi connectivity index (χ2v) is 2.19. The van der Waals surface area contributed by atoms with Crippen LogP contribution >= 0.6 is 0 Å². The predicted octanol–water partition coefficient (Wildman–Crippen LogP) is -1.04. The van der Waals surface area contributed by atoms with Gasteiger partial charge in [0, 0.05) is 16.8 Å². The zero-order valence-corrected chi connectivity index (χ0v) is 6.32. The van der Waals surface area contributed by atoms with Gasteiger partial charge in [-0.2, -0.15) is 0 Å². The first kappa shape index (κ1) is 9.17. The van der Waals surface area contributed by atoms with Crippen LogP contribution in [0.1, 0.15) is 0 Å². The molecule has 0 spiro atoms. The van der Waals surface area contributed by atoms with Crippen molar-refractivity contribution in [2.75, 3.05) is 0 Å². The molecule has 0 aliphatic rings. The molecule has 0 aliphatic heterocycles. The molecule has 13 heavy (non-hydrogen) atoms. The summed E-state index contributed by atoms with van der Waals surface area (Å²) in [6.07, 6.45) is 1.07. The average Bonchev–Trinajstić information content (AvgIpc) is 2.09. The second kappa shape index (κ2) is 3.65. The van der Waals surface area contributed by atoms with E-state index in [2.05, 4.69) is 4.94 Å². The summed E-state index contributed by atoms with van der Waals surface area (Å²) in [5, 5.41) is 0. The molecule has 1 rings (SSSR count). The van der Waals surface area contributed by atoms with Crippen LogP contribution in [0.25, 0.3) is 0 Å². The first-order chi connectivity index (χ1) is 6.13. The van der Waals surface area contributed by atoms with E-state index in [1.54, 1.807) is 0 Å². The molecule has 0 aromatic carbocycles. The fraction of sp³-hybridized carbons (Fsp3) is 0.167. The van der Waals surface area contributed by atoms with Crippen LogP contribution in [0, 0.1) is 0 Å². The monoisotopic (exact) mass is 188 g/mol. The first-order valence-corrected chi connectivity index (χ1v) is 3.24. The van der Waals surface area contributed by atoms with E-state index in [4.69, 9.17) is 0 Å². The Hall–Kier alpha value is -1.92. The van der Waals surface area contributed by atoms with Crippen LogP contribution in [-0.2, 0) is 16.3 Å². The van der Waals surface area contributed by atoms with Crippen LogP contribution < -0.4 is 11.2 Å². The number of nitrogens with zero attached hydrogens (tertiary/aromatic N) is 1. The molecule has 0 aliphatic carbocycles. The summed E-state index contributed by atoms with van der Waals surface area (Å²) in [5.41, 5.74) is -1.38. The van der Waals surface area contributed by atoms with E-state index in [1.807, 2.05) is 4.98 Å². The Kier molecular flexibility index (Phi) is 2.58. The van der Waals surface area contributed by atoms with Gasteiger partial charge in [0.25, 0.3) is 5.56 Å². The van der Waals surface area contributed by atoms with Crippen LogP contribution in [0.4, 0.5) is 4.53 Å². The van der Waals surface area contributed by atoms with Gasteiger partial charge in [-0.15, -0.1) is 0 Å². The number of carbonyl (C=O) groups is 1. The highest BCUT2D eigenvalue weighted by atomic mass is 19.3. The molecule has 7 heteroatoms. The molecule has 6 nitrogen and oxygen atoms in total. The van der Waals surface area contributed by atoms with Crippen LogP contribution in [0.15, 0.2) is 21.9 Å². The molecule has 1 heterocycles. The highest BCUT2D eigenvalue weighted by Gasteiger charge is 2.05. The minimum Gasteiger partial charge on any atom is -0.289 e. The molecular weight excluding hydrogens is 183 g/mol. The minimum absolute atomic E-state index is 0.577. The number of hydrogen-bond acceptors (Lipinski definition) is 4. The van der Waals surface area contributed by atoms with Gasteiger partial charge in [0.2, 0.25) is 0 Å². The van der Waals surface area contributed by atoms with Gasteiger partial charge >= 0.3 is 11.7 Å². The maximum Gasteiger partial charge on any atom is 0.368 e. The maximum absolute atomic E-state index is 11.2. The molecule has 0 radical (unpaired) electrons. The van der Waals surface area contributed by atoms with Gasteiger partial charge in [-0.3, -0.25) is 19.3 Å². The van der Waals surface area contributed by atoms with Gasteiger partial charge in [0.15, 0.2) is 0 Å². The molecule has 0 fully saturated rings. The van der Waals surface area contributed by atoms with Crippen LogP contribution in [0.2, 0.25) is 0 Å². The van der Waals surface area contributed by atoms with E-state index < -0.39 is 23.8 Å². The lowest BCUT2D eigenvalue weighted by Crippen LogP contribution is -2.30. The fourth-order valence-electron chi connectivity index (χ4n) is 0.732. The van der Waals surface area contributed by atoms with Gasteiger partial charge in [-0.1, -0.05) is 0 Å². The molecule has 0 saturated heterocycles. The lowest BCUT2D eigenvalue weighted by molar-refractivity contribution is -0.184. The Bertz CT molecular complexity index is 421. The number of carbonyl (C=O) groups excluding carboxylic acids is 1. The Morgan fingerprint density at radius 3 is 2.85 bits per heavy atom. The number of halogens is 1. The highest BCUT2D eigenvalue weighted by Crippen LogP contribution is 1.82. The molecule has 1 aromatic heterocycles. The van der Waals surface area contributed by atoms with E-state index in [0.29, 0.717) is 0 Å². The number of aromatic nitrogens is 2. The summed E-state index contributed by atoms with van der Waals surface area (Å²) >= 11 is 0. The first-order valence-electron chi connectivity index (χ1n) is 3.24. The van der Waals surface area contributed by atoms with Crippen molar-refractivity contribution in [2.24, 2.45) is 0 Å². The molecule has 0 unspecified atom stereocenters. The van der Waals surface area contributed by atoms with Crippen molar-refractivity contribution >= 4 is 5.97 Å². The fourth-order valence-corrected chi connectivity index (χ4v) is 0.732. The van der Waals surface area contributed by atoms with Crippen LogP contribution in [0.3, 0.4) is 0 Å². The number of hydrogen-bond donors (Lipinski definition) is 1. The smallest absolute Gasteiger partial charge is 0.289 e. The van der Waals surface area contributed by atoms with Gasteiger partial charge in [0.05, 0.1) is 0 Å². The largest absolute Gasteiger partial charge is 0.368 e. The second-order valence-electron chi connectivity index (χ2n) is 2.19. The van der Waals surface area contributed by atoms with Gasteiger partial charge < -0.3 is 0 Å². The number of aromatic amines is 1. The average molecular weight is 188 g/mol. The number of H-pyrrole nitrogens is 1. The summed E-state index contributed by atoms with van der Waals surface area (Å²) < 4.78 is 12.1. The molecule has 0 bridgehead atoms. The van der Waals surface area contributed by atoms with Gasteiger partial charge in [-0.05, 0) is 0 Å². The summed E-state index contributed by atoms with van der Waals surface area (Å²) in [6, 6.07) is 1.03. The molecule has 70 valence electrons. The van der Waals surface area contributed by atoms with Crippen molar-refractivity contribution in [1.82, 2.24) is 9.55 Å². The van der Waals surface area contributed by atoms with Crippen molar-refractivity contribution < 1.29 is 14.3 Å². The van der Waals surface area contributed by atoms with Crippen molar-refractivity contribution in [3.63, 3.8) is 0 Å². The Labute approximate surface area is 70.5 Å². The van der Waals surface area contributed by atoms with Crippen molar-refractivity contribution in [2.45, 2.75) is 6.54 Å². The standard InChI is InChI=1S/C6H5FN2O4/c7-13-5(11)3-9-2-1-4(10)8-6(9)12/h1-2H,3H2,(H,8,10,12). The van der Waals surface area contributed by atoms with Gasteiger partial charge in [-0.25, -0.2) is 9.59 Å². The topological polar surface area (TPSA) is 81.2 Å². The number of rotatable bonds is 2. The Morgan fingerprint density at radius 1 is 1.62 bits per heavy atom. The third-order valence-electron chi connectivity index (χ3n) is 1.28. The van der Waals surface area contributed by atoms with E-state index in [1.165, 1.54) is 0 Å². The van der Waals surface area contributed by atoms with Crippen LogP contribution in [-0.4, -0.2) is 15.5 Å². The third-order valence-corrected chi connectivity index (χ3v) is 1.28.